The van der Waals surface area contributed by atoms with E-state index in [4.69, 9.17) is 4.74 Å². The number of phenols is 1. The molecule has 0 bridgehead atoms. The van der Waals surface area contributed by atoms with Gasteiger partial charge in [0.15, 0.2) is 0 Å². The third-order valence-electron chi connectivity index (χ3n) is 2.82. The minimum Gasteiger partial charge on any atom is -0.507 e. The van der Waals surface area contributed by atoms with E-state index >= 15 is 0 Å². The molecule has 4 heteroatoms. The zero-order chi connectivity index (χ0) is 13.5. The largest absolute Gasteiger partial charge is 0.507 e. The summed E-state index contributed by atoms with van der Waals surface area (Å²) in [5, 5.41) is 9.88. The van der Waals surface area contributed by atoms with Gasteiger partial charge >= 0.3 is 0 Å². The Bertz CT molecular complexity index is 404. The van der Waals surface area contributed by atoms with Crippen LogP contribution in [0.3, 0.4) is 0 Å². The summed E-state index contributed by atoms with van der Waals surface area (Å²) in [4.78, 5) is 12.0. The second kappa shape index (κ2) is 7.61. The summed E-state index contributed by atoms with van der Waals surface area (Å²) in [7, 11) is 1.55. The zero-order valence-corrected chi connectivity index (χ0v) is 12.9. The van der Waals surface area contributed by atoms with Crippen molar-refractivity contribution in [2.24, 2.45) is 0 Å². The molecule has 1 rings (SSSR count). The van der Waals surface area contributed by atoms with E-state index in [-0.39, 0.29) is 15.5 Å². The molecule has 0 saturated heterocycles. The van der Waals surface area contributed by atoms with Crippen LogP contribution in [0.4, 0.5) is 0 Å². The molecular formula is C14H19IO3. The molecule has 1 atom stereocenters. The predicted molar refractivity (Wildman–Crippen MR) is 80.6 cm³/mol. The highest BCUT2D eigenvalue weighted by molar-refractivity contribution is 14.1. The number of ether oxygens (including phenoxy) is 1. The Hall–Kier alpha value is -0.780. The lowest BCUT2D eigenvalue weighted by Crippen LogP contribution is -2.06. The Morgan fingerprint density at radius 2 is 2.17 bits per heavy atom. The third kappa shape index (κ3) is 4.15. The summed E-state index contributed by atoms with van der Waals surface area (Å²) in [5.41, 5.74) is 0.665. The van der Waals surface area contributed by atoms with E-state index in [0.29, 0.717) is 17.7 Å². The number of alkyl halides is 1. The average molecular weight is 362 g/mol. The lowest BCUT2D eigenvalue weighted by Gasteiger charge is -2.12. The SMILES string of the molecule is CCCCCC(=O)C(I)c1ccc(OC)cc1O. The molecule has 0 aromatic heterocycles. The second-order valence-electron chi connectivity index (χ2n) is 4.21. The van der Waals surface area contributed by atoms with Crippen molar-refractivity contribution in [3.05, 3.63) is 23.8 Å². The quantitative estimate of drug-likeness (QED) is 0.453. The maximum Gasteiger partial charge on any atom is 0.150 e. The van der Waals surface area contributed by atoms with Crippen LogP contribution < -0.4 is 4.74 Å². The number of ketones is 1. The van der Waals surface area contributed by atoms with Gasteiger partial charge < -0.3 is 9.84 Å². The van der Waals surface area contributed by atoms with Crippen LogP contribution >= 0.6 is 22.6 Å². The molecule has 1 aromatic carbocycles. The molecule has 1 unspecified atom stereocenters. The first-order chi connectivity index (χ1) is 8.60. The first kappa shape index (κ1) is 15.3. The molecule has 0 spiro atoms. The van der Waals surface area contributed by atoms with Gasteiger partial charge in [0.05, 0.1) is 11.0 Å². The van der Waals surface area contributed by atoms with Crippen LogP contribution in [0.1, 0.15) is 42.1 Å². The maximum absolute atomic E-state index is 12.0. The van der Waals surface area contributed by atoms with Gasteiger partial charge in [-0.1, -0.05) is 48.4 Å². The highest BCUT2D eigenvalue weighted by Gasteiger charge is 2.19. The van der Waals surface area contributed by atoms with Crippen molar-refractivity contribution >= 4 is 28.4 Å². The fraction of sp³-hybridized carbons (Fsp3) is 0.500. The molecule has 0 radical (unpaired) electrons. The number of hydrogen-bond donors (Lipinski definition) is 1. The number of aromatic hydroxyl groups is 1. The first-order valence-corrected chi connectivity index (χ1v) is 7.38. The number of methoxy groups -OCH3 is 1. The molecule has 0 fully saturated rings. The van der Waals surface area contributed by atoms with Crippen LogP contribution in [0.25, 0.3) is 0 Å². The third-order valence-corrected chi connectivity index (χ3v) is 4.19. The monoisotopic (exact) mass is 362 g/mol. The predicted octanol–water partition coefficient (Wildman–Crippen LogP) is 4.03. The van der Waals surface area contributed by atoms with Crippen molar-refractivity contribution in [3.63, 3.8) is 0 Å². The number of carbonyl (C=O) groups excluding carboxylic acids is 1. The van der Waals surface area contributed by atoms with E-state index in [1.165, 1.54) is 0 Å². The molecular weight excluding hydrogens is 343 g/mol. The Labute approximate surface area is 122 Å². The molecule has 0 aliphatic carbocycles. The second-order valence-corrected chi connectivity index (χ2v) is 5.46. The van der Waals surface area contributed by atoms with Crippen LogP contribution in [0, 0.1) is 0 Å². The molecule has 0 aliphatic heterocycles. The normalized spacial score (nSPS) is 12.2. The Balaban J connectivity index is 2.71. The van der Waals surface area contributed by atoms with Crippen LogP contribution in [0.5, 0.6) is 11.5 Å². The molecule has 3 nitrogen and oxygen atoms in total. The van der Waals surface area contributed by atoms with Gasteiger partial charge in [-0.2, -0.15) is 0 Å². The molecule has 0 amide bonds. The molecule has 100 valence electrons. The number of unbranched alkanes of at least 4 members (excludes halogenated alkanes) is 2. The Kier molecular flexibility index (Phi) is 6.46. The molecule has 0 saturated carbocycles. The molecule has 1 aromatic rings. The summed E-state index contributed by atoms with van der Waals surface area (Å²) in [6, 6.07) is 5.06. The van der Waals surface area contributed by atoms with Crippen molar-refractivity contribution in [1.82, 2.24) is 0 Å². The summed E-state index contributed by atoms with van der Waals surface area (Å²) >= 11 is 2.08. The summed E-state index contributed by atoms with van der Waals surface area (Å²) in [6.45, 7) is 2.11. The van der Waals surface area contributed by atoms with Crippen molar-refractivity contribution in [3.8, 4) is 11.5 Å². The molecule has 0 heterocycles. The van der Waals surface area contributed by atoms with Gasteiger partial charge in [0, 0.05) is 18.1 Å². The summed E-state index contributed by atoms with van der Waals surface area (Å²) < 4.78 is 4.74. The molecule has 0 aliphatic rings. The van der Waals surface area contributed by atoms with E-state index in [2.05, 4.69) is 29.5 Å². The lowest BCUT2D eigenvalue weighted by molar-refractivity contribution is -0.118. The molecule has 18 heavy (non-hydrogen) atoms. The topological polar surface area (TPSA) is 46.5 Å². The summed E-state index contributed by atoms with van der Waals surface area (Å²) in [5.74, 6) is 0.889. The van der Waals surface area contributed by atoms with Crippen molar-refractivity contribution in [1.29, 1.82) is 0 Å². The number of Topliss-reactive ketones (excluding diaryl/α,β-unsaturated/α-hetero) is 1. The zero-order valence-electron chi connectivity index (χ0n) is 10.8. The van der Waals surface area contributed by atoms with Gasteiger partial charge in [-0.3, -0.25) is 4.79 Å². The number of hydrogen-bond acceptors (Lipinski definition) is 3. The van der Waals surface area contributed by atoms with Gasteiger partial charge in [0.2, 0.25) is 0 Å². The van der Waals surface area contributed by atoms with Gasteiger partial charge in [0.1, 0.15) is 17.3 Å². The number of phenolic OH excluding ortho intramolecular Hbond substituents is 1. The van der Waals surface area contributed by atoms with Crippen LogP contribution in [-0.4, -0.2) is 18.0 Å². The van der Waals surface area contributed by atoms with E-state index in [1.807, 2.05) is 0 Å². The lowest BCUT2D eigenvalue weighted by atomic mass is 10.0. The Morgan fingerprint density at radius 3 is 2.72 bits per heavy atom. The van der Waals surface area contributed by atoms with Gasteiger partial charge in [-0.25, -0.2) is 0 Å². The fourth-order valence-electron chi connectivity index (χ4n) is 1.71. The average Bonchev–Trinajstić information content (AvgIpc) is 2.38. The number of carbonyl (C=O) groups is 1. The van der Waals surface area contributed by atoms with E-state index in [9.17, 15) is 9.90 Å². The maximum atomic E-state index is 12.0. The van der Waals surface area contributed by atoms with E-state index < -0.39 is 0 Å². The minimum absolute atomic E-state index is 0.123. The number of rotatable bonds is 7. The smallest absolute Gasteiger partial charge is 0.150 e. The van der Waals surface area contributed by atoms with Gasteiger partial charge in [-0.05, 0) is 12.5 Å². The van der Waals surface area contributed by atoms with Crippen molar-refractivity contribution in [2.75, 3.05) is 7.11 Å². The minimum atomic E-state index is -0.287. The standard InChI is InChI=1S/C14H19IO3/c1-3-4-5-6-12(16)14(15)11-8-7-10(18-2)9-13(11)17/h7-9,14,17H,3-6H2,1-2H3. The van der Waals surface area contributed by atoms with Crippen LogP contribution in [0.2, 0.25) is 0 Å². The first-order valence-electron chi connectivity index (χ1n) is 6.13. The highest BCUT2D eigenvalue weighted by Crippen LogP contribution is 2.35. The van der Waals surface area contributed by atoms with Gasteiger partial charge in [-0.15, -0.1) is 0 Å². The van der Waals surface area contributed by atoms with E-state index in [1.54, 1.807) is 25.3 Å². The van der Waals surface area contributed by atoms with Crippen LogP contribution in [-0.2, 0) is 4.79 Å². The summed E-state index contributed by atoms with van der Waals surface area (Å²) in [6.07, 6.45) is 3.68. The fourth-order valence-corrected chi connectivity index (χ4v) is 2.55. The van der Waals surface area contributed by atoms with Crippen molar-refractivity contribution < 1.29 is 14.6 Å². The van der Waals surface area contributed by atoms with Crippen molar-refractivity contribution in [2.45, 2.75) is 36.5 Å². The van der Waals surface area contributed by atoms with E-state index in [0.717, 1.165) is 19.3 Å². The number of benzene rings is 1. The van der Waals surface area contributed by atoms with Gasteiger partial charge in [0.25, 0.3) is 0 Å². The number of halogens is 1. The van der Waals surface area contributed by atoms with Crippen LogP contribution in [0.15, 0.2) is 18.2 Å². The Morgan fingerprint density at radius 1 is 1.44 bits per heavy atom. The molecule has 1 N–H and O–H groups in total. The highest BCUT2D eigenvalue weighted by atomic mass is 127.